The molecule has 0 spiro atoms. The average Bonchev–Trinajstić information content (AvgIpc) is 2.44. The van der Waals surface area contributed by atoms with Gasteiger partial charge in [-0.25, -0.2) is 4.98 Å². The Hall–Kier alpha value is -1.98. The van der Waals surface area contributed by atoms with E-state index in [0.717, 1.165) is 0 Å². The van der Waals surface area contributed by atoms with Crippen molar-refractivity contribution in [3.8, 4) is 5.75 Å². The Labute approximate surface area is 132 Å². The average molecular weight is 326 g/mol. The number of halogens is 2. The SMILES string of the molecule is CC(Oc1ccc(Cl)cc1Cl)C(=O)Nc1ccc(N)nc1. The number of nitrogens with zero attached hydrogens (tertiary/aromatic N) is 1. The lowest BCUT2D eigenvalue weighted by Gasteiger charge is -2.15. The van der Waals surface area contributed by atoms with Crippen LogP contribution in [0.2, 0.25) is 10.0 Å². The summed E-state index contributed by atoms with van der Waals surface area (Å²) in [6.45, 7) is 1.62. The molecule has 3 N–H and O–H groups in total. The van der Waals surface area contributed by atoms with Crippen molar-refractivity contribution in [2.45, 2.75) is 13.0 Å². The third kappa shape index (κ3) is 4.24. The molecule has 0 fully saturated rings. The van der Waals surface area contributed by atoms with Crippen LogP contribution in [0, 0.1) is 0 Å². The Bertz CT molecular complexity index is 647. The number of rotatable bonds is 4. The molecule has 1 unspecified atom stereocenters. The van der Waals surface area contributed by atoms with E-state index in [1.165, 1.54) is 6.20 Å². The van der Waals surface area contributed by atoms with E-state index in [1.54, 1.807) is 37.3 Å². The Morgan fingerprint density at radius 1 is 1.33 bits per heavy atom. The van der Waals surface area contributed by atoms with Gasteiger partial charge in [0.2, 0.25) is 0 Å². The van der Waals surface area contributed by atoms with Crippen LogP contribution < -0.4 is 15.8 Å². The van der Waals surface area contributed by atoms with Crippen molar-refractivity contribution < 1.29 is 9.53 Å². The minimum absolute atomic E-state index is 0.326. The molecule has 1 aromatic carbocycles. The van der Waals surface area contributed by atoms with Crippen molar-refractivity contribution >= 4 is 40.6 Å². The maximum absolute atomic E-state index is 12.0. The number of aromatic nitrogens is 1. The molecule has 1 heterocycles. The second-order valence-electron chi connectivity index (χ2n) is 4.30. The van der Waals surface area contributed by atoms with E-state index >= 15 is 0 Å². The summed E-state index contributed by atoms with van der Waals surface area (Å²) < 4.78 is 5.51. The van der Waals surface area contributed by atoms with Crippen molar-refractivity contribution in [3.63, 3.8) is 0 Å². The van der Waals surface area contributed by atoms with Gasteiger partial charge in [0.25, 0.3) is 5.91 Å². The highest BCUT2D eigenvalue weighted by molar-refractivity contribution is 6.35. The van der Waals surface area contributed by atoms with Gasteiger partial charge in [0.1, 0.15) is 11.6 Å². The Kier molecular flexibility index (Phi) is 4.88. The van der Waals surface area contributed by atoms with E-state index in [4.69, 9.17) is 33.7 Å². The zero-order valence-corrected chi connectivity index (χ0v) is 12.7. The molecule has 1 amide bonds. The number of nitrogens with two attached hydrogens (primary N) is 1. The minimum atomic E-state index is -0.735. The highest BCUT2D eigenvalue weighted by atomic mass is 35.5. The molecule has 0 radical (unpaired) electrons. The van der Waals surface area contributed by atoms with Crippen LogP contribution in [0.3, 0.4) is 0 Å². The topological polar surface area (TPSA) is 77.2 Å². The number of benzene rings is 1. The maximum Gasteiger partial charge on any atom is 0.265 e. The predicted octanol–water partition coefficient (Wildman–Crippen LogP) is 3.38. The molecule has 1 aromatic heterocycles. The van der Waals surface area contributed by atoms with Crippen LogP contribution in [-0.2, 0) is 4.79 Å². The summed E-state index contributed by atoms with van der Waals surface area (Å²) in [7, 11) is 0. The summed E-state index contributed by atoms with van der Waals surface area (Å²) in [6.07, 6.45) is 0.733. The number of nitrogens with one attached hydrogen (secondary N) is 1. The van der Waals surface area contributed by atoms with Crippen LogP contribution in [0.25, 0.3) is 0 Å². The number of hydrogen-bond acceptors (Lipinski definition) is 4. The summed E-state index contributed by atoms with van der Waals surface area (Å²) in [5, 5.41) is 3.51. The highest BCUT2D eigenvalue weighted by Gasteiger charge is 2.16. The lowest BCUT2D eigenvalue weighted by Crippen LogP contribution is -2.30. The van der Waals surface area contributed by atoms with Crippen LogP contribution in [-0.4, -0.2) is 17.0 Å². The number of carbonyl (C=O) groups is 1. The highest BCUT2D eigenvalue weighted by Crippen LogP contribution is 2.28. The zero-order valence-electron chi connectivity index (χ0n) is 11.1. The molecule has 0 aliphatic carbocycles. The maximum atomic E-state index is 12.0. The molecule has 0 aliphatic heterocycles. The van der Waals surface area contributed by atoms with E-state index in [9.17, 15) is 4.79 Å². The van der Waals surface area contributed by atoms with Gasteiger partial charge in [0, 0.05) is 5.02 Å². The van der Waals surface area contributed by atoms with E-state index in [-0.39, 0.29) is 5.91 Å². The Morgan fingerprint density at radius 3 is 2.71 bits per heavy atom. The monoisotopic (exact) mass is 325 g/mol. The summed E-state index contributed by atoms with van der Waals surface area (Å²) in [5.41, 5.74) is 6.01. The number of anilines is 2. The lowest BCUT2D eigenvalue weighted by atomic mass is 10.3. The first-order valence-corrected chi connectivity index (χ1v) is 6.85. The van der Waals surface area contributed by atoms with Crippen LogP contribution in [0.5, 0.6) is 5.75 Å². The number of ether oxygens (including phenoxy) is 1. The quantitative estimate of drug-likeness (QED) is 0.903. The van der Waals surface area contributed by atoms with Crippen LogP contribution in [0.1, 0.15) is 6.92 Å². The number of pyridine rings is 1. The first-order valence-electron chi connectivity index (χ1n) is 6.10. The summed E-state index contributed by atoms with van der Waals surface area (Å²) >= 11 is 11.8. The zero-order chi connectivity index (χ0) is 15.4. The van der Waals surface area contributed by atoms with Crippen LogP contribution in [0.4, 0.5) is 11.5 Å². The number of amides is 1. The molecule has 0 saturated carbocycles. The third-order valence-corrected chi connectivity index (χ3v) is 3.15. The molecule has 5 nitrogen and oxygen atoms in total. The summed E-state index contributed by atoms with van der Waals surface area (Å²) in [5.74, 6) is 0.442. The molecule has 2 aromatic rings. The third-order valence-electron chi connectivity index (χ3n) is 2.62. The van der Waals surface area contributed by atoms with E-state index in [2.05, 4.69) is 10.3 Å². The van der Waals surface area contributed by atoms with Crippen molar-refractivity contribution in [3.05, 3.63) is 46.6 Å². The van der Waals surface area contributed by atoms with Crippen molar-refractivity contribution in [2.75, 3.05) is 11.1 Å². The van der Waals surface area contributed by atoms with Crippen LogP contribution >= 0.6 is 23.2 Å². The van der Waals surface area contributed by atoms with Gasteiger partial charge in [-0.15, -0.1) is 0 Å². The Balaban J connectivity index is 2.00. The molecule has 110 valence electrons. The van der Waals surface area contributed by atoms with Gasteiger partial charge in [-0.05, 0) is 37.3 Å². The molecule has 1 atom stereocenters. The number of hydrogen-bond donors (Lipinski definition) is 2. The lowest BCUT2D eigenvalue weighted by molar-refractivity contribution is -0.122. The second-order valence-corrected chi connectivity index (χ2v) is 5.14. The van der Waals surface area contributed by atoms with Crippen LogP contribution in [0.15, 0.2) is 36.5 Å². The fourth-order valence-corrected chi connectivity index (χ4v) is 1.99. The molecule has 2 rings (SSSR count). The van der Waals surface area contributed by atoms with Crippen molar-refractivity contribution in [1.82, 2.24) is 4.98 Å². The molecular formula is C14H13Cl2N3O2. The van der Waals surface area contributed by atoms with E-state index in [1.807, 2.05) is 0 Å². The minimum Gasteiger partial charge on any atom is -0.479 e. The molecule has 21 heavy (non-hydrogen) atoms. The van der Waals surface area contributed by atoms with Gasteiger partial charge >= 0.3 is 0 Å². The fourth-order valence-electron chi connectivity index (χ4n) is 1.54. The van der Waals surface area contributed by atoms with Crippen molar-refractivity contribution in [2.24, 2.45) is 0 Å². The van der Waals surface area contributed by atoms with Gasteiger partial charge in [0.15, 0.2) is 6.10 Å². The van der Waals surface area contributed by atoms with Gasteiger partial charge in [-0.2, -0.15) is 0 Å². The molecular weight excluding hydrogens is 313 g/mol. The van der Waals surface area contributed by atoms with Crippen molar-refractivity contribution in [1.29, 1.82) is 0 Å². The second kappa shape index (κ2) is 6.65. The number of nitrogen functional groups attached to an aromatic ring is 1. The van der Waals surface area contributed by atoms with Gasteiger partial charge in [-0.1, -0.05) is 23.2 Å². The normalized spacial score (nSPS) is 11.8. The predicted molar refractivity (Wildman–Crippen MR) is 83.8 cm³/mol. The molecule has 7 heteroatoms. The molecule has 0 bridgehead atoms. The van der Waals surface area contributed by atoms with Gasteiger partial charge < -0.3 is 15.8 Å². The summed E-state index contributed by atoms with van der Waals surface area (Å²) in [4.78, 5) is 15.9. The largest absolute Gasteiger partial charge is 0.479 e. The first kappa shape index (κ1) is 15.4. The van der Waals surface area contributed by atoms with E-state index in [0.29, 0.717) is 27.3 Å². The Morgan fingerprint density at radius 2 is 2.10 bits per heavy atom. The number of carbonyl (C=O) groups excluding carboxylic acids is 1. The first-order chi connectivity index (χ1) is 9.95. The smallest absolute Gasteiger partial charge is 0.265 e. The van der Waals surface area contributed by atoms with Gasteiger partial charge in [-0.3, -0.25) is 4.79 Å². The summed E-state index contributed by atoms with van der Waals surface area (Å²) in [6, 6.07) is 8.04. The van der Waals surface area contributed by atoms with E-state index < -0.39 is 6.10 Å². The standard InChI is InChI=1S/C14H13Cl2N3O2/c1-8(21-12-4-2-9(15)6-11(12)16)14(20)19-10-3-5-13(17)18-7-10/h2-8H,1H3,(H2,17,18)(H,19,20). The van der Waals surface area contributed by atoms with Gasteiger partial charge in [0.05, 0.1) is 16.9 Å². The molecule has 0 aliphatic rings. The fraction of sp³-hybridized carbons (Fsp3) is 0.143. The molecule has 0 saturated heterocycles.